The number of aryl methyl sites for hydroxylation is 1. The van der Waals surface area contributed by atoms with Crippen LogP contribution < -0.4 is 0 Å². The van der Waals surface area contributed by atoms with E-state index in [1.54, 1.807) is 0 Å². The predicted molar refractivity (Wildman–Crippen MR) is 72.9 cm³/mol. The number of rotatable bonds is 0. The summed E-state index contributed by atoms with van der Waals surface area (Å²) in [5.41, 5.74) is 10.2. The molecule has 2 aliphatic carbocycles. The largest absolute Gasteiger partial charge is 0.120 e. The first-order valence-corrected chi connectivity index (χ1v) is 6.06. The van der Waals surface area contributed by atoms with Crippen LogP contribution in [0.15, 0.2) is 53.8 Å². The SMILES string of the molecule is Cc1ccc2c(c1)C(C)(C)C1=C2C=CC=C=C1. The van der Waals surface area contributed by atoms with Crippen LogP contribution in [0.25, 0.3) is 5.57 Å². The van der Waals surface area contributed by atoms with Crippen molar-refractivity contribution in [1.82, 2.24) is 0 Å². The predicted octanol–water partition coefficient (Wildman–Crippen LogP) is 4.32. The van der Waals surface area contributed by atoms with Crippen LogP contribution in [0.2, 0.25) is 0 Å². The van der Waals surface area contributed by atoms with E-state index < -0.39 is 0 Å². The molecule has 0 bridgehead atoms. The summed E-state index contributed by atoms with van der Waals surface area (Å²) < 4.78 is 0. The maximum atomic E-state index is 3.23. The van der Waals surface area contributed by atoms with Gasteiger partial charge in [-0.2, -0.15) is 0 Å². The molecule has 0 radical (unpaired) electrons. The van der Waals surface area contributed by atoms with Crippen molar-refractivity contribution in [3.8, 4) is 0 Å². The summed E-state index contributed by atoms with van der Waals surface area (Å²) in [5, 5.41) is 0. The van der Waals surface area contributed by atoms with Crippen LogP contribution in [0, 0.1) is 6.92 Å². The minimum Gasteiger partial charge on any atom is -0.120 e. The lowest BCUT2D eigenvalue weighted by Crippen LogP contribution is -2.16. The van der Waals surface area contributed by atoms with Gasteiger partial charge in [0.2, 0.25) is 0 Å². The summed E-state index contributed by atoms with van der Waals surface area (Å²) in [4.78, 5) is 0. The second kappa shape index (κ2) is 3.35. The van der Waals surface area contributed by atoms with Crippen molar-refractivity contribution in [2.45, 2.75) is 26.2 Å². The Bertz CT molecular complexity index is 615. The molecule has 0 unspecified atom stereocenters. The zero-order chi connectivity index (χ0) is 12.0. The minimum absolute atomic E-state index is 0.0895. The van der Waals surface area contributed by atoms with E-state index in [0.29, 0.717) is 0 Å². The van der Waals surface area contributed by atoms with E-state index in [4.69, 9.17) is 0 Å². The average molecular weight is 220 g/mol. The van der Waals surface area contributed by atoms with Gasteiger partial charge in [0, 0.05) is 5.41 Å². The van der Waals surface area contributed by atoms with E-state index in [0.717, 1.165) is 0 Å². The number of hydrogen-bond donors (Lipinski definition) is 0. The molecule has 0 aromatic heterocycles. The van der Waals surface area contributed by atoms with Gasteiger partial charge in [-0.25, -0.2) is 0 Å². The van der Waals surface area contributed by atoms with Crippen LogP contribution in [-0.4, -0.2) is 0 Å². The second-order valence-electron chi connectivity index (χ2n) is 5.34. The minimum atomic E-state index is 0.0895. The smallest absolute Gasteiger partial charge is 0.0165 e. The maximum Gasteiger partial charge on any atom is 0.0165 e. The second-order valence-corrected chi connectivity index (χ2v) is 5.34. The van der Waals surface area contributed by atoms with Crippen molar-refractivity contribution in [3.63, 3.8) is 0 Å². The third-order valence-corrected chi connectivity index (χ3v) is 3.79. The molecular weight excluding hydrogens is 204 g/mol. The number of allylic oxidation sites excluding steroid dienone is 5. The Morgan fingerprint density at radius 1 is 1.18 bits per heavy atom. The molecule has 3 rings (SSSR count). The van der Waals surface area contributed by atoms with Crippen molar-refractivity contribution in [2.75, 3.05) is 0 Å². The van der Waals surface area contributed by atoms with E-state index in [2.05, 4.69) is 62.9 Å². The van der Waals surface area contributed by atoms with E-state index in [1.165, 1.54) is 27.8 Å². The Hall–Kier alpha value is -1.78. The van der Waals surface area contributed by atoms with Gasteiger partial charge in [0.15, 0.2) is 0 Å². The fraction of sp³-hybridized carbons (Fsp3) is 0.235. The zero-order valence-corrected chi connectivity index (χ0v) is 10.5. The van der Waals surface area contributed by atoms with E-state index in [9.17, 15) is 0 Å². The van der Waals surface area contributed by atoms with Gasteiger partial charge in [-0.05, 0) is 41.3 Å². The lowest BCUT2D eigenvalue weighted by molar-refractivity contribution is 0.654. The monoisotopic (exact) mass is 220 g/mol. The molecule has 17 heavy (non-hydrogen) atoms. The summed E-state index contributed by atoms with van der Waals surface area (Å²) in [7, 11) is 0. The lowest BCUT2D eigenvalue weighted by atomic mass is 9.81. The first-order chi connectivity index (χ1) is 8.10. The molecule has 1 aromatic rings. The number of hydrogen-bond acceptors (Lipinski definition) is 0. The Kier molecular flexibility index (Phi) is 2.05. The van der Waals surface area contributed by atoms with Gasteiger partial charge < -0.3 is 0 Å². The molecule has 0 nitrogen and oxygen atoms in total. The van der Waals surface area contributed by atoms with Crippen molar-refractivity contribution < 1.29 is 0 Å². The molecular formula is C17H16. The van der Waals surface area contributed by atoms with Gasteiger partial charge in [-0.3, -0.25) is 0 Å². The van der Waals surface area contributed by atoms with Crippen LogP contribution >= 0.6 is 0 Å². The molecule has 0 aliphatic heterocycles. The molecule has 0 saturated carbocycles. The first kappa shape index (κ1) is 10.4. The highest BCUT2D eigenvalue weighted by Gasteiger charge is 2.35. The molecule has 0 fully saturated rings. The van der Waals surface area contributed by atoms with Gasteiger partial charge in [-0.15, -0.1) is 5.73 Å². The van der Waals surface area contributed by atoms with Crippen LogP contribution in [0.5, 0.6) is 0 Å². The summed E-state index contributed by atoms with van der Waals surface area (Å²) >= 11 is 0. The zero-order valence-electron chi connectivity index (χ0n) is 10.5. The Labute approximate surface area is 103 Å². The Morgan fingerprint density at radius 3 is 2.82 bits per heavy atom. The molecule has 0 spiro atoms. The number of fused-ring (bicyclic) bond motifs is 2. The average Bonchev–Trinajstić information content (AvgIpc) is 2.50. The molecule has 0 amide bonds. The molecule has 84 valence electrons. The summed E-state index contributed by atoms with van der Waals surface area (Å²) in [5.74, 6) is 0. The van der Waals surface area contributed by atoms with Gasteiger partial charge in [0.25, 0.3) is 0 Å². The van der Waals surface area contributed by atoms with Crippen LogP contribution in [0.1, 0.15) is 30.5 Å². The standard InChI is InChI=1S/C17H16/c1-12-9-10-14-13-7-5-4-6-8-15(13)17(2,3)16(14)11-12/h4-5,7-11H,1-3H3. The maximum absolute atomic E-state index is 3.23. The van der Waals surface area contributed by atoms with Crippen LogP contribution in [0.3, 0.4) is 0 Å². The molecule has 0 heteroatoms. The van der Waals surface area contributed by atoms with Crippen molar-refractivity contribution >= 4 is 5.57 Å². The molecule has 0 saturated heterocycles. The Balaban J connectivity index is 2.33. The molecule has 2 aliphatic rings. The third-order valence-electron chi connectivity index (χ3n) is 3.79. The summed E-state index contributed by atoms with van der Waals surface area (Å²) in [6.07, 6.45) is 8.38. The highest BCUT2D eigenvalue weighted by atomic mass is 14.4. The fourth-order valence-corrected chi connectivity index (χ4v) is 2.81. The van der Waals surface area contributed by atoms with Crippen LogP contribution in [0.4, 0.5) is 0 Å². The van der Waals surface area contributed by atoms with Gasteiger partial charge in [-0.1, -0.05) is 49.8 Å². The highest BCUT2D eigenvalue weighted by molar-refractivity contribution is 5.88. The third kappa shape index (κ3) is 1.38. The van der Waals surface area contributed by atoms with Crippen molar-refractivity contribution in [2.24, 2.45) is 0 Å². The molecule has 1 aromatic carbocycles. The highest BCUT2D eigenvalue weighted by Crippen LogP contribution is 2.47. The number of benzene rings is 1. The lowest BCUT2D eigenvalue weighted by Gasteiger charge is -2.22. The topological polar surface area (TPSA) is 0 Å². The van der Waals surface area contributed by atoms with Gasteiger partial charge in [0.1, 0.15) is 0 Å². The molecule has 0 atom stereocenters. The first-order valence-electron chi connectivity index (χ1n) is 6.06. The quantitative estimate of drug-likeness (QED) is 0.571. The van der Waals surface area contributed by atoms with Gasteiger partial charge in [0.05, 0.1) is 0 Å². The van der Waals surface area contributed by atoms with E-state index >= 15 is 0 Å². The normalized spacial score (nSPS) is 19.2. The Morgan fingerprint density at radius 2 is 2.00 bits per heavy atom. The summed E-state index contributed by atoms with van der Waals surface area (Å²) in [6.45, 7) is 6.75. The molecule has 0 N–H and O–H groups in total. The van der Waals surface area contributed by atoms with Gasteiger partial charge >= 0.3 is 0 Å². The summed E-state index contributed by atoms with van der Waals surface area (Å²) in [6, 6.07) is 6.76. The van der Waals surface area contributed by atoms with E-state index in [1.807, 2.05) is 6.08 Å². The van der Waals surface area contributed by atoms with Crippen molar-refractivity contribution in [1.29, 1.82) is 0 Å². The van der Waals surface area contributed by atoms with Crippen LogP contribution in [-0.2, 0) is 5.41 Å². The fourth-order valence-electron chi connectivity index (χ4n) is 2.81. The van der Waals surface area contributed by atoms with E-state index in [-0.39, 0.29) is 5.41 Å². The molecule has 0 heterocycles. The van der Waals surface area contributed by atoms with Crippen molar-refractivity contribution in [3.05, 3.63) is 70.5 Å².